The molecule has 0 aromatic heterocycles. The third-order valence-electron chi connectivity index (χ3n) is 1.93. The van der Waals surface area contributed by atoms with Crippen molar-refractivity contribution in [2.45, 2.75) is 26.3 Å². The van der Waals surface area contributed by atoms with Gasteiger partial charge in [-0.15, -0.1) is 0 Å². The van der Waals surface area contributed by atoms with E-state index in [9.17, 15) is 9.59 Å². The SMILES string of the molecule is CCN(C)C(=O)C(C)NC(=O)CC(N)=S. The molecule has 0 aromatic carbocycles. The number of thiocarbonyl (C=S) groups is 1. The average molecular weight is 231 g/mol. The van der Waals surface area contributed by atoms with Crippen molar-refractivity contribution in [3.05, 3.63) is 0 Å². The van der Waals surface area contributed by atoms with Crippen LogP contribution < -0.4 is 11.1 Å². The van der Waals surface area contributed by atoms with Crippen LogP contribution in [0.15, 0.2) is 0 Å². The Morgan fingerprint density at radius 1 is 1.53 bits per heavy atom. The zero-order chi connectivity index (χ0) is 12.0. The fourth-order valence-corrected chi connectivity index (χ4v) is 1.13. The fourth-order valence-electron chi connectivity index (χ4n) is 0.999. The van der Waals surface area contributed by atoms with Crippen molar-refractivity contribution < 1.29 is 9.59 Å². The molecule has 0 aliphatic heterocycles. The maximum atomic E-state index is 11.5. The van der Waals surface area contributed by atoms with E-state index in [-0.39, 0.29) is 23.2 Å². The summed E-state index contributed by atoms with van der Waals surface area (Å²) in [6.45, 7) is 4.10. The van der Waals surface area contributed by atoms with Gasteiger partial charge in [-0.1, -0.05) is 12.2 Å². The molecule has 0 aliphatic rings. The van der Waals surface area contributed by atoms with Crippen molar-refractivity contribution in [3.63, 3.8) is 0 Å². The van der Waals surface area contributed by atoms with Crippen LogP contribution in [0.2, 0.25) is 0 Å². The summed E-state index contributed by atoms with van der Waals surface area (Å²) < 4.78 is 0. The molecule has 0 bridgehead atoms. The lowest BCUT2D eigenvalue weighted by Crippen LogP contribution is -2.46. The molecule has 0 aromatic rings. The van der Waals surface area contributed by atoms with Crippen LogP contribution in [0.3, 0.4) is 0 Å². The minimum Gasteiger partial charge on any atom is -0.393 e. The Kier molecular flexibility index (Phi) is 5.84. The number of nitrogens with one attached hydrogen (secondary N) is 1. The van der Waals surface area contributed by atoms with Crippen molar-refractivity contribution >= 4 is 29.0 Å². The van der Waals surface area contributed by atoms with Crippen LogP contribution in [0.25, 0.3) is 0 Å². The van der Waals surface area contributed by atoms with Gasteiger partial charge in [-0.3, -0.25) is 9.59 Å². The summed E-state index contributed by atoms with van der Waals surface area (Å²) >= 11 is 4.59. The number of nitrogens with zero attached hydrogens (tertiary/aromatic N) is 1. The smallest absolute Gasteiger partial charge is 0.244 e. The zero-order valence-corrected chi connectivity index (χ0v) is 10.1. The second-order valence-electron chi connectivity index (χ2n) is 3.28. The van der Waals surface area contributed by atoms with Gasteiger partial charge in [-0.05, 0) is 13.8 Å². The minimum absolute atomic E-state index is 0.0250. The molecular weight excluding hydrogens is 214 g/mol. The Hall–Kier alpha value is -1.17. The van der Waals surface area contributed by atoms with Gasteiger partial charge in [-0.25, -0.2) is 0 Å². The van der Waals surface area contributed by atoms with Gasteiger partial charge in [0.2, 0.25) is 11.8 Å². The van der Waals surface area contributed by atoms with Crippen LogP contribution in [0.1, 0.15) is 20.3 Å². The molecule has 6 heteroatoms. The van der Waals surface area contributed by atoms with Crippen LogP contribution in [-0.4, -0.2) is 41.3 Å². The highest BCUT2D eigenvalue weighted by Crippen LogP contribution is 1.92. The molecule has 0 spiro atoms. The molecule has 0 radical (unpaired) electrons. The molecule has 1 atom stereocenters. The first-order valence-electron chi connectivity index (χ1n) is 4.71. The molecule has 0 saturated heterocycles. The maximum absolute atomic E-state index is 11.5. The number of likely N-dealkylation sites (N-methyl/N-ethyl adjacent to an activating group) is 1. The third-order valence-corrected chi connectivity index (χ3v) is 2.08. The molecule has 86 valence electrons. The lowest BCUT2D eigenvalue weighted by atomic mass is 10.2. The number of carbonyl (C=O) groups excluding carboxylic acids is 2. The number of amides is 2. The lowest BCUT2D eigenvalue weighted by molar-refractivity contribution is -0.134. The van der Waals surface area contributed by atoms with Gasteiger partial charge in [-0.2, -0.15) is 0 Å². The van der Waals surface area contributed by atoms with Crippen LogP contribution in [-0.2, 0) is 9.59 Å². The second kappa shape index (κ2) is 6.34. The Labute approximate surface area is 95.0 Å². The van der Waals surface area contributed by atoms with E-state index in [4.69, 9.17) is 5.73 Å². The third kappa shape index (κ3) is 5.31. The molecule has 0 fully saturated rings. The predicted octanol–water partition coefficient (Wildman–Crippen LogP) is -0.354. The summed E-state index contributed by atoms with van der Waals surface area (Å²) in [6, 6.07) is -0.545. The Bertz CT molecular complexity index is 268. The molecule has 2 amide bonds. The monoisotopic (exact) mass is 231 g/mol. The van der Waals surface area contributed by atoms with E-state index >= 15 is 0 Å². The van der Waals surface area contributed by atoms with Crippen LogP contribution in [0.4, 0.5) is 0 Å². The molecule has 0 heterocycles. The zero-order valence-electron chi connectivity index (χ0n) is 9.24. The van der Waals surface area contributed by atoms with Crippen molar-refractivity contribution in [2.75, 3.05) is 13.6 Å². The topological polar surface area (TPSA) is 75.4 Å². The van der Waals surface area contributed by atoms with Gasteiger partial charge < -0.3 is 16.0 Å². The summed E-state index contributed by atoms with van der Waals surface area (Å²) in [7, 11) is 1.68. The van der Waals surface area contributed by atoms with Gasteiger partial charge in [0.15, 0.2) is 0 Å². The summed E-state index contributed by atoms with van der Waals surface area (Å²) in [6.07, 6.45) is -0.0250. The van der Waals surface area contributed by atoms with E-state index in [1.165, 1.54) is 4.90 Å². The van der Waals surface area contributed by atoms with Gasteiger partial charge in [0.05, 0.1) is 11.4 Å². The number of hydrogen-bond donors (Lipinski definition) is 2. The first-order chi connectivity index (χ1) is 6.88. The molecule has 0 saturated carbocycles. The number of nitrogens with two attached hydrogens (primary N) is 1. The Morgan fingerprint density at radius 2 is 2.07 bits per heavy atom. The highest BCUT2D eigenvalue weighted by Gasteiger charge is 2.18. The van der Waals surface area contributed by atoms with E-state index < -0.39 is 6.04 Å². The average Bonchev–Trinajstić information content (AvgIpc) is 2.13. The highest BCUT2D eigenvalue weighted by atomic mass is 32.1. The minimum atomic E-state index is -0.545. The quantitative estimate of drug-likeness (QED) is 0.634. The maximum Gasteiger partial charge on any atom is 0.244 e. The summed E-state index contributed by atoms with van der Waals surface area (Å²) in [4.78, 5) is 24.4. The Morgan fingerprint density at radius 3 is 2.47 bits per heavy atom. The standard InChI is InChI=1S/C9H17N3O2S/c1-4-12(3)9(14)6(2)11-8(13)5-7(10)15/h6H,4-5H2,1-3H3,(H2,10,15)(H,11,13). The van der Waals surface area contributed by atoms with Crippen molar-refractivity contribution in [1.29, 1.82) is 0 Å². The first kappa shape index (κ1) is 13.8. The molecule has 5 nitrogen and oxygen atoms in total. The van der Waals surface area contributed by atoms with Gasteiger partial charge in [0, 0.05) is 13.6 Å². The lowest BCUT2D eigenvalue weighted by Gasteiger charge is -2.20. The van der Waals surface area contributed by atoms with Crippen molar-refractivity contribution in [3.8, 4) is 0 Å². The molecular formula is C9H17N3O2S. The summed E-state index contributed by atoms with van der Waals surface area (Å²) in [5.41, 5.74) is 5.21. The van der Waals surface area contributed by atoms with Gasteiger partial charge >= 0.3 is 0 Å². The number of rotatable bonds is 5. The first-order valence-corrected chi connectivity index (χ1v) is 5.12. The molecule has 3 N–H and O–H groups in total. The second-order valence-corrected chi connectivity index (χ2v) is 3.81. The van der Waals surface area contributed by atoms with E-state index in [1.807, 2.05) is 6.92 Å². The van der Waals surface area contributed by atoms with E-state index in [0.717, 1.165) is 0 Å². The van der Waals surface area contributed by atoms with Crippen LogP contribution in [0, 0.1) is 0 Å². The normalized spacial score (nSPS) is 11.7. The highest BCUT2D eigenvalue weighted by molar-refractivity contribution is 7.80. The molecule has 15 heavy (non-hydrogen) atoms. The number of carbonyl (C=O) groups is 2. The summed E-state index contributed by atoms with van der Waals surface area (Å²) in [5, 5.41) is 2.53. The molecule has 1 unspecified atom stereocenters. The number of hydrogen-bond acceptors (Lipinski definition) is 3. The van der Waals surface area contributed by atoms with E-state index in [0.29, 0.717) is 6.54 Å². The van der Waals surface area contributed by atoms with Gasteiger partial charge in [0.25, 0.3) is 0 Å². The van der Waals surface area contributed by atoms with E-state index in [1.54, 1.807) is 14.0 Å². The van der Waals surface area contributed by atoms with Crippen LogP contribution in [0.5, 0.6) is 0 Å². The summed E-state index contributed by atoms with van der Waals surface area (Å²) in [5.74, 6) is -0.457. The van der Waals surface area contributed by atoms with Gasteiger partial charge in [0.1, 0.15) is 6.04 Å². The van der Waals surface area contributed by atoms with Crippen LogP contribution >= 0.6 is 12.2 Å². The molecule has 0 rings (SSSR count). The largest absolute Gasteiger partial charge is 0.393 e. The fraction of sp³-hybridized carbons (Fsp3) is 0.667. The van der Waals surface area contributed by atoms with Crippen molar-refractivity contribution in [1.82, 2.24) is 10.2 Å². The predicted molar refractivity (Wildman–Crippen MR) is 62.3 cm³/mol. The van der Waals surface area contributed by atoms with Crippen molar-refractivity contribution in [2.24, 2.45) is 5.73 Å². The van der Waals surface area contributed by atoms with E-state index in [2.05, 4.69) is 17.5 Å². The molecule has 0 aliphatic carbocycles. The Balaban J connectivity index is 4.12.